The third kappa shape index (κ3) is 4.23. The van der Waals surface area contributed by atoms with Crippen molar-refractivity contribution in [3.8, 4) is 0 Å². The van der Waals surface area contributed by atoms with Gasteiger partial charge in [-0.1, -0.05) is 25.8 Å². The molecule has 0 radical (unpaired) electrons. The lowest BCUT2D eigenvalue weighted by atomic mass is 9.95. The van der Waals surface area contributed by atoms with Crippen molar-refractivity contribution in [2.75, 3.05) is 19.8 Å². The maximum absolute atomic E-state index is 13.6. The van der Waals surface area contributed by atoms with Gasteiger partial charge >= 0.3 is 6.03 Å². The second-order valence-electron chi connectivity index (χ2n) is 6.83. The lowest BCUT2D eigenvalue weighted by molar-refractivity contribution is -0.0657. The number of carbonyl (C=O) groups is 1. The van der Waals surface area contributed by atoms with Crippen molar-refractivity contribution >= 4 is 6.03 Å². The van der Waals surface area contributed by atoms with Gasteiger partial charge in [-0.05, 0) is 38.0 Å². The van der Waals surface area contributed by atoms with Gasteiger partial charge < -0.3 is 15.0 Å². The number of nitrogens with one attached hydrogen (secondary N) is 1. The highest BCUT2D eigenvalue weighted by Crippen LogP contribution is 2.33. The molecule has 1 aliphatic heterocycles. The van der Waals surface area contributed by atoms with Crippen LogP contribution in [0.5, 0.6) is 0 Å². The van der Waals surface area contributed by atoms with Gasteiger partial charge in [-0.3, -0.25) is 0 Å². The summed E-state index contributed by atoms with van der Waals surface area (Å²) in [5.41, 5.74) is -0.00631. The Kier molecular flexibility index (Phi) is 6.15. The summed E-state index contributed by atoms with van der Waals surface area (Å²) in [6, 6.07) is 3.08. The number of benzene rings is 1. The van der Waals surface area contributed by atoms with E-state index >= 15 is 0 Å². The van der Waals surface area contributed by atoms with Crippen LogP contribution in [0.3, 0.4) is 0 Å². The number of rotatable bonds is 5. The van der Waals surface area contributed by atoms with Crippen molar-refractivity contribution in [2.45, 2.75) is 51.6 Å². The summed E-state index contributed by atoms with van der Waals surface area (Å²) < 4.78 is 32.4. The maximum Gasteiger partial charge on any atom is 0.318 e. The van der Waals surface area contributed by atoms with E-state index < -0.39 is 23.2 Å². The molecule has 1 saturated heterocycles. The molecule has 0 spiro atoms. The van der Waals surface area contributed by atoms with E-state index in [1.807, 2.05) is 13.8 Å². The molecule has 1 aromatic rings. The Bertz CT molecular complexity index is 578. The molecule has 4 nitrogen and oxygen atoms in total. The summed E-state index contributed by atoms with van der Waals surface area (Å²) in [6.07, 6.45) is 3.05. The van der Waals surface area contributed by atoms with Gasteiger partial charge in [0.15, 0.2) is 11.6 Å². The Morgan fingerprint density at radius 1 is 1.33 bits per heavy atom. The average Bonchev–Trinajstić information content (AvgIpc) is 2.53. The lowest BCUT2D eigenvalue weighted by Gasteiger charge is -2.47. The van der Waals surface area contributed by atoms with Crippen LogP contribution in [0.15, 0.2) is 18.2 Å². The van der Waals surface area contributed by atoms with Gasteiger partial charge in [0, 0.05) is 6.54 Å². The van der Waals surface area contributed by atoms with Crippen LogP contribution in [0.2, 0.25) is 0 Å². The van der Waals surface area contributed by atoms with E-state index in [4.69, 9.17) is 4.74 Å². The second kappa shape index (κ2) is 7.92. The van der Waals surface area contributed by atoms with E-state index in [0.29, 0.717) is 18.7 Å². The smallest absolute Gasteiger partial charge is 0.318 e. The number of morpholine rings is 1. The van der Waals surface area contributed by atoms with E-state index in [1.165, 1.54) is 6.07 Å². The van der Waals surface area contributed by atoms with Crippen molar-refractivity contribution in [3.05, 3.63) is 35.4 Å². The Labute approximate surface area is 142 Å². The van der Waals surface area contributed by atoms with Crippen molar-refractivity contribution in [3.63, 3.8) is 0 Å². The van der Waals surface area contributed by atoms with Gasteiger partial charge in [0.25, 0.3) is 0 Å². The molecule has 0 saturated carbocycles. The maximum atomic E-state index is 13.6. The Morgan fingerprint density at radius 2 is 2.08 bits per heavy atom. The van der Waals surface area contributed by atoms with Crippen LogP contribution in [0, 0.1) is 11.6 Å². The zero-order chi connectivity index (χ0) is 17.7. The summed E-state index contributed by atoms with van der Waals surface area (Å²) in [6.45, 7) is 7.18. The number of nitrogens with zero attached hydrogens (tertiary/aromatic N) is 1. The SMILES string of the molecule is CCCCCNC(=O)N1C(c2ccc(F)c(F)c2)COCC1(C)C. The molecule has 134 valence electrons. The van der Waals surface area contributed by atoms with Gasteiger partial charge in [-0.2, -0.15) is 0 Å². The molecule has 0 aliphatic carbocycles. The molecule has 1 aliphatic rings. The first-order valence-electron chi connectivity index (χ1n) is 8.46. The molecule has 2 amide bonds. The minimum atomic E-state index is -0.917. The van der Waals surface area contributed by atoms with Crippen molar-refractivity contribution < 1.29 is 18.3 Å². The summed E-state index contributed by atoms with van der Waals surface area (Å²) >= 11 is 0. The zero-order valence-electron chi connectivity index (χ0n) is 14.6. The Hall–Kier alpha value is -1.69. The van der Waals surface area contributed by atoms with Gasteiger partial charge in [0.05, 0.1) is 24.8 Å². The van der Waals surface area contributed by atoms with E-state index in [-0.39, 0.29) is 12.6 Å². The lowest BCUT2D eigenvalue weighted by Crippen LogP contribution is -2.59. The highest BCUT2D eigenvalue weighted by molar-refractivity contribution is 5.75. The standard InChI is InChI=1S/C18H26F2N2O2/c1-4-5-6-9-21-17(23)22-16(11-24-12-18(22,2)3)13-7-8-14(19)15(20)10-13/h7-8,10,16H,4-6,9,11-12H2,1-3H3,(H,21,23). The first-order valence-corrected chi connectivity index (χ1v) is 8.46. The molecule has 1 atom stereocenters. The number of urea groups is 1. The third-order valence-electron chi connectivity index (χ3n) is 4.30. The number of halogens is 2. The van der Waals surface area contributed by atoms with Gasteiger partial charge in [0.1, 0.15) is 0 Å². The molecule has 2 rings (SSSR count). The molecular formula is C18H26F2N2O2. The monoisotopic (exact) mass is 340 g/mol. The molecule has 6 heteroatoms. The molecule has 1 unspecified atom stereocenters. The van der Waals surface area contributed by atoms with E-state index in [2.05, 4.69) is 12.2 Å². The van der Waals surface area contributed by atoms with Crippen LogP contribution in [-0.4, -0.2) is 36.2 Å². The van der Waals surface area contributed by atoms with Crippen molar-refractivity contribution in [1.29, 1.82) is 0 Å². The van der Waals surface area contributed by atoms with Crippen LogP contribution < -0.4 is 5.32 Å². The summed E-state index contributed by atoms with van der Waals surface area (Å²) in [7, 11) is 0. The first-order chi connectivity index (χ1) is 11.4. The fraction of sp³-hybridized carbons (Fsp3) is 0.611. The molecule has 1 fully saturated rings. The van der Waals surface area contributed by atoms with Crippen LogP contribution in [-0.2, 0) is 4.74 Å². The van der Waals surface area contributed by atoms with E-state index in [0.717, 1.165) is 31.4 Å². The highest BCUT2D eigenvalue weighted by atomic mass is 19.2. The predicted octanol–water partition coefficient (Wildman–Crippen LogP) is 4.02. The number of ether oxygens (including phenoxy) is 1. The highest BCUT2D eigenvalue weighted by Gasteiger charge is 2.41. The van der Waals surface area contributed by atoms with Crippen molar-refractivity contribution in [2.24, 2.45) is 0 Å². The molecular weight excluding hydrogens is 314 g/mol. The Balaban J connectivity index is 2.20. The van der Waals surface area contributed by atoms with Crippen LogP contribution in [0.25, 0.3) is 0 Å². The van der Waals surface area contributed by atoms with E-state index in [1.54, 1.807) is 4.90 Å². The number of carbonyl (C=O) groups excluding carboxylic acids is 1. The molecule has 0 bridgehead atoms. The number of unbranched alkanes of at least 4 members (excludes halogenated alkanes) is 2. The minimum Gasteiger partial charge on any atom is -0.377 e. The topological polar surface area (TPSA) is 41.6 Å². The summed E-state index contributed by atoms with van der Waals surface area (Å²) in [4.78, 5) is 14.4. The Morgan fingerprint density at radius 3 is 2.75 bits per heavy atom. The molecule has 1 aromatic carbocycles. The third-order valence-corrected chi connectivity index (χ3v) is 4.30. The fourth-order valence-corrected chi connectivity index (χ4v) is 3.02. The summed E-state index contributed by atoms with van der Waals surface area (Å²) in [5, 5.41) is 2.93. The quantitative estimate of drug-likeness (QED) is 0.823. The van der Waals surface area contributed by atoms with Crippen molar-refractivity contribution in [1.82, 2.24) is 10.2 Å². The molecule has 0 aromatic heterocycles. The molecule has 1 N–H and O–H groups in total. The van der Waals surface area contributed by atoms with Gasteiger partial charge in [-0.15, -0.1) is 0 Å². The zero-order valence-corrected chi connectivity index (χ0v) is 14.6. The van der Waals surface area contributed by atoms with Gasteiger partial charge in [-0.25, -0.2) is 13.6 Å². The van der Waals surface area contributed by atoms with Crippen LogP contribution in [0.4, 0.5) is 13.6 Å². The molecule has 24 heavy (non-hydrogen) atoms. The predicted molar refractivity (Wildman–Crippen MR) is 88.8 cm³/mol. The van der Waals surface area contributed by atoms with E-state index in [9.17, 15) is 13.6 Å². The van der Waals surface area contributed by atoms with Gasteiger partial charge in [0.2, 0.25) is 0 Å². The van der Waals surface area contributed by atoms with Crippen LogP contribution >= 0.6 is 0 Å². The average molecular weight is 340 g/mol. The second-order valence-corrected chi connectivity index (χ2v) is 6.83. The molecule has 1 heterocycles. The fourth-order valence-electron chi connectivity index (χ4n) is 3.02. The number of hydrogen-bond donors (Lipinski definition) is 1. The number of amides is 2. The normalized spacial score (nSPS) is 20.0. The number of hydrogen-bond acceptors (Lipinski definition) is 2. The summed E-state index contributed by atoms with van der Waals surface area (Å²) in [5.74, 6) is -1.82. The largest absolute Gasteiger partial charge is 0.377 e. The van der Waals surface area contributed by atoms with Crippen LogP contribution in [0.1, 0.15) is 51.6 Å². The minimum absolute atomic E-state index is 0.200. The first kappa shape index (κ1) is 18.6.